The molecule has 0 bridgehead atoms. The van der Waals surface area contributed by atoms with Crippen LogP contribution in [0.15, 0.2) is 11.6 Å². The third kappa shape index (κ3) is 13.0. The van der Waals surface area contributed by atoms with Gasteiger partial charge in [-0.15, -0.1) is 0 Å². The molecule has 97 heavy (non-hydrogen) atoms. The van der Waals surface area contributed by atoms with E-state index in [9.17, 15) is 107 Å². The van der Waals surface area contributed by atoms with Gasteiger partial charge in [-0.3, -0.25) is 5.26 Å². The minimum absolute atomic E-state index is 0.0956. The number of rotatable bonds is 17. The van der Waals surface area contributed by atoms with E-state index in [1.165, 1.54) is 6.92 Å². The molecule has 6 saturated heterocycles. The lowest BCUT2D eigenvalue weighted by atomic mass is 9.32. The number of hydrogen-bond donors (Lipinski definition) is 21. The summed E-state index contributed by atoms with van der Waals surface area (Å²) in [4.78, 5) is 5.57. The highest BCUT2D eigenvalue weighted by Crippen LogP contribution is 2.76. The Hall–Kier alpha value is -1.58. The van der Waals surface area contributed by atoms with Crippen molar-refractivity contribution in [1.82, 2.24) is 0 Å². The van der Waals surface area contributed by atoms with Gasteiger partial charge in [-0.1, -0.05) is 53.2 Å². The number of fused-ring (bicyclic) bond motifs is 7. The van der Waals surface area contributed by atoms with Gasteiger partial charge in [-0.25, -0.2) is 4.89 Å². The fourth-order valence-electron chi connectivity index (χ4n) is 19.6. The van der Waals surface area contributed by atoms with E-state index in [2.05, 4.69) is 40.7 Å². The van der Waals surface area contributed by atoms with Crippen LogP contribution in [0.3, 0.4) is 0 Å². The van der Waals surface area contributed by atoms with Crippen LogP contribution in [0, 0.1) is 50.2 Å². The van der Waals surface area contributed by atoms with E-state index in [4.69, 9.17) is 57.0 Å². The van der Waals surface area contributed by atoms with E-state index in [0.29, 0.717) is 32.1 Å². The van der Waals surface area contributed by atoms with Gasteiger partial charge >= 0.3 is 0 Å². The Bertz CT molecular complexity index is 2690. The number of aliphatic hydroxyl groups is 20. The zero-order valence-corrected chi connectivity index (χ0v) is 55.5. The molecule has 33 nitrogen and oxygen atoms in total. The molecule has 6 heterocycles. The molecule has 560 valence electrons. The summed E-state index contributed by atoms with van der Waals surface area (Å²) in [5.41, 5.74) is -4.23. The first-order valence-corrected chi connectivity index (χ1v) is 34.0. The summed E-state index contributed by atoms with van der Waals surface area (Å²) in [5, 5.41) is 233. The quantitative estimate of drug-likeness (QED) is 0.0279. The Morgan fingerprint density at radius 3 is 1.63 bits per heavy atom. The molecule has 11 aliphatic rings. The normalized spacial score (nSPS) is 55.9. The molecule has 0 aromatic carbocycles. The first-order chi connectivity index (χ1) is 45.5. The summed E-state index contributed by atoms with van der Waals surface area (Å²) < 4.78 is 64.9. The van der Waals surface area contributed by atoms with Crippen LogP contribution in [0.2, 0.25) is 0 Å². The molecule has 40 atom stereocenters. The maximum atomic E-state index is 13.3. The van der Waals surface area contributed by atoms with Crippen molar-refractivity contribution in [1.29, 1.82) is 0 Å². The van der Waals surface area contributed by atoms with Crippen molar-refractivity contribution >= 4 is 0 Å². The Morgan fingerprint density at radius 2 is 1.03 bits per heavy atom. The van der Waals surface area contributed by atoms with Gasteiger partial charge in [0, 0.05) is 10.8 Å². The summed E-state index contributed by atoms with van der Waals surface area (Å²) in [6, 6.07) is 0. The zero-order chi connectivity index (χ0) is 70.9. The van der Waals surface area contributed by atoms with E-state index in [-0.39, 0.29) is 30.6 Å². The van der Waals surface area contributed by atoms with Crippen molar-refractivity contribution < 1.29 is 164 Å². The molecule has 33 heteroatoms. The SMILES string of the molecule is CC1OC(OC2C(O)C(O)COC2C(OO)C23CCC(C)(C)CC2C2=CCC4C5(C)CC(O)C(OC6OC(COC7OC(COC8OC(CO)C(O)C(O)C8O)C(O)C(O)C7O)C(O)C(O)C6O)C(C)(CO)C5CCC4(C)C2(C)CC3O)C(O)C(O)C1OC1OCC(O)C(O)C1O. The molecule has 5 aliphatic carbocycles. The summed E-state index contributed by atoms with van der Waals surface area (Å²) >= 11 is 0. The monoisotopic (exact) mass is 1400 g/mol. The number of aliphatic hydroxyl groups excluding tert-OH is 20. The van der Waals surface area contributed by atoms with Crippen LogP contribution >= 0.6 is 0 Å². The lowest BCUT2D eigenvalue weighted by molar-refractivity contribution is -0.389. The molecule has 11 rings (SSSR count). The Kier molecular flexibility index (Phi) is 22.7. The van der Waals surface area contributed by atoms with Crippen LogP contribution in [0.25, 0.3) is 0 Å². The second kappa shape index (κ2) is 28.7. The topological polar surface area (TPSA) is 536 Å². The van der Waals surface area contributed by atoms with Gasteiger partial charge in [0.25, 0.3) is 0 Å². The lowest BCUT2D eigenvalue weighted by Crippen LogP contribution is -2.72. The zero-order valence-electron chi connectivity index (χ0n) is 55.5. The summed E-state index contributed by atoms with van der Waals surface area (Å²) in [7, 11) is 0. The Morgan fingerprint density at radius 1 is 0.505 bits per heavy atom. The third-order valence-corrected chi connectivity index (χ3v) is 25.4. The number of ether oxygens (including phenoxy) is 11. The Labute approximate surface area is 560 Å². The second-order valence-electron chi connectivity index (χ2n) is 31.5. The predicted molar refractivity (Wildman–Crippen MR) is 320 cm³/mol. The second-order valence-corrected chi connectivity index (χ2v) is 31.5. The fraction of sp³-hybridized carbons (Fsp3) is 0.969. The molecule has 0 radical (unpaired) electrons. The minimum atomic E-state index is -1.96. The van der Waals surface area contributed by atoms with Crippen molar-refractivity contribution in [2.75, 3.05) is 39.6 Å². The first kappa shape index (κ1) is 76.5. The maximum absolute atomic E-state index is 13.3. The van der Waals surface area contributed by atoms with Crippen LogP contribution < -0.4 is 0 Å². The molecule has 6 aliphatic heterocycles. The van der Waals surface area contributed by atoms with Gasteiger partial charge in [0.05, 0.1) is 64.1 Å². The molecule has 10 fully saturated rings. The summed E-state index contributed by atoms with van der Waals surface area (Å²) in [6.45, 7) is 10.3. The van der Waals surface area contributed by atoms with E-state index in [0.717, 1.165) is 5.57 Å². The van der Waals surface area contributed by atoms with E-state index in [1.807, 2.05) is 0 Å². The standard InChI is InChI=1S/C64H106O33/c1-23-49(94-56-44(80)35(71)27(68)19-87-56)43(79)48(84)57(90-23)95-50-36(72)28(69)18-86-51(50)53(97-85)64-13-12-59(2,3)14-25(64)24-8-9-33-60(4)15-26(67)52(61(5,22-66)32(60)10-11-62(33,6)63(24,7)16-34(64)70)96-58-47(83)42(78)39(75)31(93-58)21-89-55-46(82)41(77)38(74)30(92-55)20-88-54-45(81)40(76)37(73)29(17-65)91-54/h8,23,25-58,65-85H,9-22H2,1-7H3. The Balaban J connectivity index is 0.802. The highest BCUT2D eigenvalue weighted by atomic mass is 17.1. The largest absolute Gasteiger partial charge is 0.396 e. The lowest BCUT2D eigenvalue weighted by Gasteiger charge is -2.73. The van der Waals surface area contributed by atoms with Crippen LogP contribution in [-0.2, 0) is 57.0 Å². The predicted octanol–water partition coefficient (Wildman–Crippen LogP) is -6.81. The average Bonchev–Trinajstić information content (AvgIpc) is 0.669. The van der Waals surface area contributed by atoms with E-state index < -0.39 is 275 Å². The van der Waals surface area contributed by atoms with Crippen molar-refractivity contribution in [2.45, 2.75) is 296 Å². The molecule has 4 saturated carbocycles. The highest BCUT2D eigenvalue weighted by Gasteiger charge is 2.74. The molecule has 40 unspecified atom stereocenters. The summed E-state index contributed by atoms with van der Waals surface area (Å²) in [5.74, 6) is -1.18. The highest BCUT2D eigenvalue weighted by molar-refractivity contribution is 5.36. The van der Waals surface area contributed by atoms with Crippen LogP contribution in [-0.4, -0.2) is 343 Å². The molecular formula is C64H106O33. The van der Waals surface area contributed by atoms with Crippen molar-refractivity contribution in [3.8, 4) is 0 Å². The van der Waals surface area contributed by atoms with Gasteiger partial charge in [0.1, 0.15) is 140 Å². The van der Waals surface area contributed by atoms with Gasteiger partial charge in [0.2, 0.25) is 0 Å². The van der Waals surface area contributed by atoms with Crippen molar-refractivity contribution in [3.05, 3.63) is 11.6 Å². The molecule has 21 N–H and O–H groups in total. The number of hydrogen-bond acceptors (Lipinski definition) is 33. The molecular weight excluding hydrogens is 1300 g/mol. The molecule has 0 aromatic heterocycles. The third-order valence-electron chi connectivity index (χ3n) is 25.4. The van der Waals surface area contributed by atoms with E-state index in [1.54, 1.807) is 6.92 Å². The van der Waals surface area contributed by atoms with Gasteiger partial charge < -0.3 is 154 Å². The molecule has 0 aromatic rings. The molecule has 0 spiro atoms. The summed E-state index contributed by atoms with van der Waals surface area (Å²) in [6.07, 6.45) is -47.5. The average molecular weight is 1400 g/mol. The van der Waals surface area contributed by atoms with E-state index >= 15 is 0 Å². The van der Waals surface area contributed by atoms with Crippen molar-refractivity contribution in [2.24, 2.45) is 50.2 Å². The van der Waals surface area contributed by atoms with Crippen LogP contribution in [0.5, 0.6) is 0 Å². The molecule has 0 amide bonds. The smallest absolute Gasteiger partial charge is 0.187 e. The number of allylic oxidation sites excluding steroid dienone is 2. The minimum Gasteiger partial charge on any atom is -0.396 e. The van der Waals surface area contributed by atoms with Gasteiger partial charge in [0.15, 0.2) is 31.5 Å². The fourth-order valence-corrected chi connectivity index (χ4v) is 19.6. The van der Waals surface area contributed by atoms with Gasteiger partial charge in [-0.05, 0) is 97.7 Å². The first-order valence-electron chi connectivity index (χ1n) is 34.0. The van der Waals surface area contributed by atoms with Gasteiger partial charge in [-0.2, -0.15) is 0 Å². The van der Waals surface area contributed by atoms with Crippen LogP contribution in [0.1, 0.15) is 99.8 Å². The van der Waals surface area contributed by atoms with Crippen molar-refractivity contribution in [3.63, 3.8) is 0 Å². The maximum Gasteiger partial charge on any atom is 0.187 e. The van der Waals surface area contributed by atoms with Crippen LogP contribution in [0.4, 0.5) is 0 Å².